The van der Waals surface area contributed by atoms with Crippen LogP contribution in [-0.2, 0) is 0 Å². The summed E-state index contributed by atoms with van der Waals surface area (Å²) in [6.45, 7) is 0. The van der Waals surface area contributed by atoms with E-state index >= 15 is 0 Å². The Kier molecular flexibility index (Phi) is 6.05. The van der Waals surface area contributed by atoms with Gasteiger partial charge in [0.2, 0.25) is 0 Å². The lowest BCUT2D eigenvalue weighted by molar-refractivity contribution is 0.669. The summed E-state index contributed by atoms with van der Waals surface area (Å²) in [7, 11) is 0. The number of rotatable bonds is 4. The van der Waals surface area contributed by atoms with Crippen molar-refractivity contribution in [3.05, 3.63) is 158 Å². The number of thiophene rings is 1. The van der Waals surface area contributed by atoms with Crippen molar-refractivity contribution < 1.29 is 4.42 Å². The van der Waals surface area contributed by atoms with Crippen LogP contribution in [0.5, 0.6) is 0 Å². The molecule has 0 radical (unpaired) electrons. The maximum absolute atomic E-state index is 6.63. The average Bonchev–Trinajstić information content (AvgIpc) is 3.86. The van der Waals surface area contributed by atoms with Gasteiger partial charge >= 0.3 is 0 Å². The van der Waals surface area contributed by atoms with Gasteiger partial charge in [0.1, 0.15) is 11.2 Å². The molecule has 5 nitrogen and oxygen atoms in total. The quantitative estimate of drug-likeness (QED) is 0.187. The highest BCUT2D eigenvalue weighted by Gasteiger charge is 2.22. The fraction of sp³-hybridized carbons (Fsp3) is 0. The zero-order valence-electron chi connectivity index (χ0n) is 27.1. The molecule has 238 valence electrons. The molecule has 0 fully saturated rings. The molecule has 11 rings (SSSR count). The maximum Gasteiger partial charge on any atom is 0.164 e. The number of hydrogen-bond acceptors (Lipinski definition) is 5. The largest absolute Gasteiger partial charge is 0.456 e. The molecule has 0 saturated heterocycles. The first kappa shape index (κ1) is 28.2. The fourth-order valence-electron chi connectivity index (χ4n) is 7.52. The van der Waals surface area contributed by atoms with E-state index in [1.54, 1.807) is 0 Å². The number of fused-ring (bicyclic) bond motifs is 9. The zero-order valence-corrected chi connectivity index (χ0v) is 27.9. The third-order valence-electron chi connectivity index (χ3n) is 9.83. The lowest BCUT2D eigenvalue weighted by Gasteiger charge is -2.13. The Morgan fingerprint density at radius 1 is 0.412 bits per heavy atom. The van der Waals surface area contributed by atoms with Crippen LogP contribution in [0.2, 0.25) is 0 Å². The first-order valence-electron chi connectivity index (χ1n) is 16.9. The van der Waals surface area contributed by atoms with Crippen LogP contribution in [0.15, 0.2) is 162 Å². The summed E-state index contributed by atoms with van der Waals surface area (Å²) in [5, 5.41) is 7.10. The summed E-state index contributed by atoms with van der Waals surface area (Å²) in [6.07, 6.45) is 0. The number of aromatic nitrogens is 4. The van der Waals surface area contributed by atoms with Crippen molar-refractivity contribution in [3.8, 4) is 39.9 Å². The number of para-hydroxylation sites is 2. The van der Waals surface area contributed by atoms with E-state index < -0.39 is 0 Å². The van der Waals surface area contributed by atoms with Crippen molar-refractivity contribution >= 4 is 75.3 Å². The first-order valence-corrected chi connectivity index (χ1v) is 17.8. The highest BCUT2D eigenvalue weighted by atomic mass is 32.1. The minimum absolute atomic E-state index is 0.582. The highest BCUT2D eigenvalue weighted by Crippen LogP contribution is 2.44. The summed E-state index contributed by atoms with van der Waals surface area (Å²) < 4.78 is 11.6. The lowest BCUT2D eigenvalue weighted by atomic mass is 10.1. The molecule has 0 aliphatic carbocycles. The molecule has 0 amide bonds. The van der Waals surface area contributed by atoms with Gasteiger partial charge in [0, 0.05) is 53.0 Å². The minimum atomic E-state index is 0.582. The predicted molar refractivity (Wildman–Crippen MR) is 211 cm³/mol. The topological polar surface area (TPSA) is 56.7 Å². The molecule has 0 unspecified atom stereocenters. The molecule has 7 aromatic carbocycles. The van der Waals surface area contributed by atoms with E-state index in [9.17, 15) is 0 Å². The van der Waals surface area contributed by atoms with Gasteiger partial charge in [0.05, 0.1) is 22.1 Å². The van der Waals surface area contributed by atoms with Crippen LogP contribution in [0.25, 0.3) is 104 Å². The van der Waals surface area contributed by atoms with Gasteiger partial charge < -0.3 is 8.98 Å². The maximum atomic E-state index is 6.63. The Morgan fingerprint density at radius 3 is 1.76 bits per heavy atom. The molecule has 11 aromatic rings. The fourth-order valence-corrected chi connectivity index (χ4v) is 8.64. The second-order valence-electron chi connectivity index (χ2n) is 12.8. The van der Waals surface area contributed by atoms with Gasteiger partial charge in [0.15, 0.2) is 17.5 Å². The number of hydrogen-bond donors (Lipinski definition) is 0. The van der Waals surface area contributed by atoms with Gasteiger partial charge in [-0.1, -0.05) is 115 Å². The summed E-state index contributed by atoms with van der Waals surface area (Å²) in [5.74, 6) is 1.82. The first-order chi connectivity index (χ1) is 25.3. The van der Waals surface area contributed by atoms with Gasteiger partial charge in [0.25, 0.3) is 0 Å². The van der Waals surface area contributed by atoms with Crippen LogP contribution in [-0.4, -0.2) is 19.5 Å². The number of nitrogens with zero attached hydrogens (tertiary/aromatic N) is 4. The van der Waals surface area contributed by atoms with Crippen molar-refractivity contribution in [2.75, 3.05) is 0 Å². The Labute approximate surface area is 295 Å². The van der Waals surface area contributed by atoms with Crippen molar-refractivity contribution in [1.29, 1.82) is 0 Å². The standard InChI is InChI=1S/C45H26N4OS/c1-3-13-27(14-4-1)43-46-44(28-15-5-2-6-16-28)48-45(47-43)29-23-37(42-32-19-8-11-21-38(32)50-39(42)24-29)49-35-20-10-7-17-30(35)33-25-34-31-18-9-12-22-40(31)51-41(34)26-36(33)49/h1-26H. The summed E-state index contributed by atoms with van der Waals surface area (Å²) in [6, 6.07) is 54.9. The second-order valence-corrected chi connectivity index (χ2v) is 13.9. The van der Waals surface area contributed by atoms with E-state index in [2.05, 4.69) is 89.5 Å². The van der Waals surface area contributed by atoms with Crippen molar-refractivity contribution in [1.82, 2.24) is 19.5 Å². The highest BCUT2D eigenvalue weighted by molar-refractivity contribution is 7.25. The van der Waals surface area contributed by atoms with E-state index in [0.717, 1.165) is 55.3 Å². The lowest BCUT2D eigenvalue weighted by Crippen LogP contribution is -2.01. The van der Waals surface area contributed by atoms with Gasteiger partial charge in [-0.3, -0.25) is 0 Å². The summed E-state index contributed by atoms with van der Waals surface area (Å²) >= 11 is 1.84. The van der Waals surface area contributed by atoms with Gasteiger partial charge in [-0.05, 0) is 42.5 Å². The summed E-state index contributed by atoms with van der Waals surface area (Å²) in [5.41, 5.74) is 7.61. The van der Waals surface area contributed by atoms with Crippen LogP contribution >= 0.6 is 11.3 Å². The Hall–Kier alpha value is -6.63. The molecule has 0 aliphatic heterocycles. The van der Waals surface area contributed by atoms with Crippen LogP contribution in [0.3, 0.4) is 0 Å². The Bertz CT molecular complexity index is 3080. The van der Waals surface area contributed by atoms with Gasteiger partial charge in [-0.15, -0.1) is 11.3 Å². The number of benzene rings is 7. The third kappa shape index (κ3) is 4.37. The molecule has 0 N–H and O–H groups in total. The van der Waals surface area contributed by atoms with Gasteiger partial charge in [-0.25, -0.2) is 15.0 Å². The number of furan rings is 1. The van der Waals surface area contributed by atoms with E-state index in [1.165, 1.54) is 30.9 Å². The molecule has 4 heterocycles. The van der Waals surface area contributed by atoms with Crippen LogP contribution in [0.4, 0.5) is 0 Å². The molecule has 0 aliphatic rings. The van der Waals surface area contributed by atoms with Crippen molar-refractivity contribution in [2.45, 2.75) is 0 Å². The molecular formula is C45H26N4OS. The molecule has 6 heteroatoms. The monoisotopic (exact) mass is 670 g/mol. The minimum Gasteiger partial charge on any atom is -0.456 e. The molecule has 4 aromatic heterocycles. The van der Waals surface area contributed by atoms with Gasteiger partial charge in [-0.2, -0.15) is 0 Å². The van der Waals surface area contributed by atoms with Crippen LogP contribution < -0.4 is 0 Å². The molecule has 0 bridgehead atoms. The van der Waals surface area contributed by atoms with E-state index in [1.807, 2.05) is 84.1 Å². The van der Waals surface area contributed by atoms with E-state index in [-0.39, 0.29) is 0 Å². The molecule has 0 saturated carbocycles. The Balaban J connectivity index is 1.25. The SMILES string of the molecule is c1ccc(-c2nc(-c3ccccc3)nc(-c3cc(-n4c5ccccc5c5cc6c(cc54)sc4ccccc46)c4c(c3)oc3ccccc34)n2)cc1. The molecule has 0 atom stereocenters. The van der Waals surface area contributed by atoms with Crippen molar-refractivity contribution in [3.63, 3.8) is 0 Å². The van der Waals surface area contributed by atoms with E-state index in [4.69, 9.17) is 19.4 Å². The smallest absolute Gasteiger partial charge is 0.164 e. The van der Waals surface area contributed by atoms with Crippen LogP contribution in [0.1, 0.15) is 0 Å². The van der Waals surface area contributed by atoms with E-state index in [0.29, 0.717) is 17.5 Å². The third-order valence-corrected chi connectivity index (χ3v) is 11.0. The normalized spacial score (nSPS) is 11.9. The predicted octanol–water partition coefficient (Wildman–Crippen LogP) is 12.2. The zero-order chi connectivity index (χ0) is 33.5. The molecule has 51 heavy (non-hydrogen) atoms. The van der Waals surface area contributed by atoms with Crippen molar-refractivity contribution in [2.24, 2.45) is 0 Å². The van der Waals surface area contributed by atoms with Crippen LogP contribution in [0, 0.1) is 0 Å². The Morgan fingerprint density at radius 2 is 1.02 bits per heavy atom. The summed E-state index contributed by atoms with van der Waals surface area (Å²) in [4.78, 5) is 15.1. The second kappa shape index (κ2) is 10.9. The molecule has 0 spiro atoms. The molecular weight excluding hydrogens is 645 g/mol. The average molecular weight is 671 g/mol.